The summed E-state index contributed by atoms with van der Waals surface area (Å²) in [5.74, 6) is 0.203. The Morgan fingerprint density at radius 2 is 1.41 bits per heavy atom. The highest BCUT2D eigenvalue weighted by atomic mass is 31.2. The third-order valence-electron chi connectivity index (χ3n) is 3.82. The van der Waals surface area contributed by atoms with Gasteiger partial charge in [0.1, 0.15) is 7.14 Å². The van der Waals surface area contributed by atoms with Crippen LogP contribution in [0.1, 0.15) is 13.8 Å². The van der Waals surface area contributed by atoms with Crippen LogP contribution in [0.4, 0.5) is 0 Å². The third kappa shape index (κ3) is 3.40. The quantitative estimate of drug-likeness (QED) is 0.654. The van der Waals surface area contributed by atoms with Gasteiger partial charge in [-0.05, 0) is 5.92 Å². The van der Waals surface area contributed by atoms with Crippen LogP contribution < -0.4 is 10.6 Å². The highest BCUT2D eigenvalue weighted by molar-refractivity contribution is 7.79. The molecule has 0 aliphatic rings. The molecule has 116 valence electrons. The average Bonchev–Trinajstić information content (AvgIpc) is 2.56. The van der Waals surface area contributed by atoms with Gasteiger partial charge < -0.3 is 9.67 Å². The normalized spacial score (nSPS) is 13.6. The van der Waals surface area contributed by atoms with E-state index in [1.54, 1.807) is 6.08 Å². The van der Waals surface area contributed by atoms with Crippen LogP contribution in [-0.2, 0) is 4.57 Å². The maximum atomic E-state index is 14.1. The first-order chi connectivity index (χ1) is 10.6. The predicted octanol–water partition coefficient (Wildman–Crippen LogP) is 3.57. The van der Waals surface area contributed by atoms with Crippen LogP contribution >= 0.6 is 7.14 Å². The molecule has 22 heavy (non-hydrogen) atoms. The van der Waals surface area contributed by atoms with Crippen LogP contribution in [0.5, 0.6) is 0 Å². The van der Waals surface area contributed by atoms with Crippen LogP contribution in [-0.4, -0.2) is 17.4 Å². The van der Waals surface area contributed by atoms with E-state index in [1.807, 2.05) is 66.7 Å². The molecule has 1 unspecified atom stereocenters. The highest BCUT2D eigenvalue weighted by Gasteiger charge is 2.36. The van der Waals surface area contributed by atoms with Crippen LogP contribution in [0, 0.1) is 5.92 Å². The van der Waals surface area contributed by atoms with Crippen molar-refractivity contribution in [1.29, 1.82) is 0 Å². The molecule has 2 aromatic carbocycles. The van der Waals surface area contributed by atoms with E-state index in [0.717, 1.165) is 10.6 Å². The van der Waals surface area contributed by atoms with Gasteiger partial charge in [-0.2, -0.15) is 0 Å². The Labute approximate surface area is 132 Å². The molecular weight excluding hydrogens is 291 g/mol. The van der Waals surface area contributed by atoms with Gasteiger partial charge in [0.2, 0.25) is 0 Å². The molecule has 1 atom stereocenters. The summed E-state index contributed by atoms with van der Waals surface area (Å²) in [5, 5.41) is 10.9. The Morgan fingerprint density at radius 1 is 0.955 bits per heavy atom. The van der Waals surface area contributed by atoms with Crippen molar-refractivity contribution in [1.82, 2.24) is 0 Å². The minimum Gasteiger partial charge on any atom is -0.392 e. The maximum absolute atomic E-state index is 14.1. The zero-order valence-corrected chi connectivity index (χ0v) is 14.0. The van der Waals surface area contributed by atoms with Gasteiger partial charge in [-0.15, -0.1) is 0 Å². The zero-order valence-electron chi connectivity index (χ0n) is 13.1. The molecule has 0 radical (unpaired) electrons. The fourth-order valence-electron chi connectivity index (χ4n) is 2.76. The summed E-state index contributed by atoms with van der Waals surface area (Å²) in [5.41, 5.74) is -0.135. The molecular formula is C19H23O2P. The number of hydrogen-bond acceptors (Lipinski definition) is 2. The Bertz CT molecular complexity index is 604. The summed E-state index contributed by atoms with van der Waals surface area (Å²) < 4.78 is 14.1. The van der Waals surface area contributed by atoms with E-state index in [-0.39, 0.29) is 18.2 Å². The van der Waals surface area contributed by atoms with Crippen LogP contribution in [0.15, 0.2) is 72.8 Å². The van der Waals surface area contributed by atoms with Gasteiger partial charge in [0.25, 0.3) is 0 Å². The Balaban J connectivity index is 2.65. The summed E-state index contributed by atoms with van der Waals surface area (Å²) in [7, 11) is -2.82. The second kappa shape index (κ2) is 7.58. The molecule has 2 nitrogen and oxygen atoms in total. The van der Waals surface area contributed by atoms with Gasteiger partial charge in [0.05, 0.1) is 6.61 Å². The van der Waals surface area contributed by atoms with E-state index in [4.69, 9.17) is 5.11 Å². The van der Waals surface area contributed by atoms with Gasteiger partial charge in [-0.25, -0.2) is 0 Å². The molecule has 3 heteroatoms. The van der Waals surface area contributed by atoms with E-state index < -0.39 is 7.14 Å². The summed E-state index contributed by atoms with van der Waals surface area (Å²) in [4.78, 5) is 0. The molecule has 2 rings (SSSR count). The van der Waals surface area contributed by atoms with Crippen molar-refractivity contribution in [2.45, 2.75) is 19.5 Å². The van der Waals surface area contributed by atoms with Gasteiger partial charge >= 0.3 is 0 Å². The van der Waals surface area contributed by atoms with Crippen molar-refractivity contribution >= 4 is 17.8 Å². The zero-order chi connectivity index (χ0) is 16.0. The van der Waals surface area contributed by atoms with Crippen molar-refractivity contribution in [3.05, 3.63) is 72.8 Å². The topological polar surface area (TPSA) is 37.3 Å². The first kappa shape index (κ1) is 16.7. The molecule has 2 aromatic rings. The number of hydrogen-bond donors (Lipinski definition) is 1. The molecule has 0 saturated heterocycles. The van der Waals surface area contributed by atoms with Crippen molar-refractivity contribution < 1.29 is 9.67 Å². The average molecular weight is 314 g/mol. The lowest BCUT2D eigenvalue weighted by atomic mass is 10.1. The summed E-state index contributed by atoms with van der Waals surface area (Å²) in [6, 6.07) is 19.4. The molecule has 0 amide bonds. The second-order valence-electron chi connectivity index (χ2n) is 5.67. The van der Waals surface area contributed by atoms with Crippen molar-refractivity contribution in [2.75, 3.05) is 6.61 Å². The minimum absolute atomic E-state index is 0.0349. The lowest BCUT2D eigenvalue weighted by molar-refractivity contribution is 0.342. The second-order valence-corrected chi connectivity index (χ2v) is 8.62. The minimum atomic E-state index is -2.82. The third-order valence-corrected chi connectivity index (χ3v) is 7.56. The lowest BCUT2D eigenvalue weighted by Crippen LogP contribution is -2.28. The van der Waals surface area contributed by atoms with Gasteiger partial charge in [0.15, 0.2) is 0 Å². The van der Waals surface area contributed by atoms with E-state index in [9.17, 15) is 4.57 Å². The maximum Gasteiger partial charge on any atom is 0.150 e. The standard InChI is InChI=1S/C19H23O2P/c1-16(2)19(14-9-15-20)22(21,17-10-5-3-6-11-17)18-12-7-4-8-13-18/h3-14,16,19-20H,15H2,1-2H3. The summed E-state index contributed by atoms with van der Waals surface area (Å²) in [6.45, 7) is 4.11. The molecule has 0 aliphatic carbocycles. The van der Waals surface area contributed by atoms with Crippen LogP contribution in [0.3, 0.4) is 0 Å². The number of aliphatic hydroxyl groups is 1. The Kier molecular flexibility index (Phi) is 5.76. The number of allylic oxidation sites excluding steroid dienone is 1. The Hall–Kier alpha value is -1.63. The highest BCUT2D eigenvalue weighted by Crippen LogP contribution is 2.51. The van der Waals surface area contributed by atoms with Crippen LogP contribution in [0.25, 0.3) is 0 Å². The summed E-state index contributed by atoms with van der Waals surface area (Å²) in [6.07, 6.45) is 3.61. The Morgan fingerprint density at radius 3 is 1.77 bits per heavy atom. The number of rotatable bonds is 6. The fraction of sp³-hybridized carbons (Fsp3) is 0.263. The molecule has 0 aromatic heterocycles. The first-order valence-corrected chi connectivity index (χ1v) is 9.36. The molecule has 0 bridgehead atoms. The molecule has 0 saturated carbocycles. The van der Waals surface area contributed by atoms with Crippen molar-refractivity contribution in [3.63, 3.8) is 0 Å². The molecule has 0 heterocycles. The number of benzene rings is 2. The van der Waals surface area contributed by atoms with Crippen molar-refractivity contribution in [2.24, 2.45) is 5.92 Å². The monoisotopic (exact) mass is 314 g/mol. The van der Waals surface area contributed by atoms with Gasteiger partial charge in [0, 0.05) is 16.3 Å². The lowest BCUT2D eigenvalue weighted by Gasteiger charge is -2.29. The van der Waals surface area contributed by atoms with E-state index >= 15 is 0 Å². The van der Waals surface area contributed by atoms with E-state index in [2.05, 4.69) is 13.8 Å². The largest absolute Gasteiger partial charge is 0.392 e. The van der Waals surface area contributed by atoms with Gasteiger partial charge in [-0.1, -0.05) is 86.7 Å². The fourth-order valence-corrected chi connectivity index (χ4v) is 6.18. The smallest absolute Gasteiger partial charge is 0.150 e. The number of aliphatic hydroxyl groups excluding tert-OH is 1. The molecule has 1 N–H and O–H groups in total. The van der Waals surface area contributed by atoms with Gasteiger partial charge in [-0.3, -0.25) is 0 Å². The first-order valence-electron chi connectivity index (χ1n) is 7.59. The molecule has 0 spiro atoms. The molecule has 0 fully saturated rings. The van der Waals surface area contributed by atoms with Crippen LogP contribution in [0.2, 0.25) is 0 Å². The van der Waals surface area contributed by atoms with E-state index in [1.165, 1.54) is 0 Å². The van der Waals surface area contributed by atoms with Crippen molar-refractivity contribution in [3.8, 4) is 0 Å². The SMILES string of the molecule is CC(C)C(C=CCO)P(=O)(c1ccccc1)c1ccccc1. The molecule has 0 aliphatic heterocycles. The summed E-state index contributed by atoms with van der Waals surface area (Å²) >= 11 is 0. The predicted molar refractivity (Wildman–Crippen MR) is 94.6 cm³/mol. The van der Waals surface area contributed by atoms with E-state index in [0.29, 0.717) is 0 Å².